The molecular weight excluding hydrogens is 961 g/mol. The molecule has 8 N–H and O–H groups in total. The molecule has 2 aromatic rings. The first-order valence-electron chi connectivity index (χ1n) is 23.2. The molecule has 0 aliphatic rings. The van der Waals surface area contributed by atoms with Crippen molar-refractivity contribution >= 4 is 68.8 Å². The Morgan fingerprint density at radius 1 is 0.507 bits per heavy atom. The number of aliphatic hydroxyl groups is 2. The number of nitrogens with one attached hydrogen (secondary N) is 6. The summed E-state index contributed by atoms with van der Waals surface area (Å²) in [6.07, 6.45) is -2.80. The third kappa shape index (κ3) is 21.9. The fourth-order valence-corrected chi connectivity index (χ4v) is 9.26. The van der Waals surface area contributed by atoms with Crippen LogP contribution in [0.2, 0.25) is 0 Å². The number of carbonyl (C=O) groups is 6. The SMILES string of the molecule is COC(CC(C)(C)C(NC(=O)[C@H](CCO)NC(=O)OC(C)(C)C)C(=O)Nc1ccccc1SSc1ccccc1NC(=O)[C@H](NC(=O)[C@H](CCCO)NC(=O)OC(C)(C)C)C(C)(C)CC(OC)OC)OC. The van der Waals surface area contributed by atoms with E-state index in [-0.39, 0.29) is 38.7 Å². The van der Waals surface area contributed by atoms with Crippen molar-refractivity contribution in [2.24, 2.45) is 10.8 Å². The summed E-state index contributed by atoms with van der Waals surface area (Å²) >= 11 is 0. The number of rotatable bonds is 28. The van der Waals surface area contributed by atoms with Crippen LogP contribution in [0.15, 0.2) is 58.3 Å². The number of alkyl carbamates (subject to hydrolysis) is 2. The van der Waals surface area contributed by atoms with Crippen molar-refractivity contribution in [3.8, 4) is 0 Å². The largest absolute Gasteiger partial charge is 0.444 e. The lowest BCUT2D eigenvalue weighted by Crippen LogP contribution is -2.58. The Balaban J connectivity index is 2.49. The van der Waals surface area contributed by atoms with Gasteiger partial charge in [0.05, 0.1) is 11.4 Å². The van der Waals surface area contributed by atoms with Crippen LogP contribution in [0.3, 0.4) is 0 Å². The molecule has 0 aliphatic carbocycles. The van der Waals surface area contributed by atoms with Gasteiger partial charge in [0, 0.05) is 64.3 Å². The molecule has 0 heterocycles. The highest BCUT2D eigenvalue weighted by atomic mass is 33.1. The number of carbonyl (C=O) groups excluding carboxylic acids is 6. The molecule has 1 unspecified atom stereocenters. The lowest BCUT2D eigenvalue weighted by Gasteiger charge is -2.36. The van der Waals surface area contributed by atoms with Crippen molar-refractivity contribution in [2.45, 2.75) is 159 Å². The number of amides is 6. The first kappa shape index (κ1) is 62.4. The second-order valence-corrected chi connectivity index (χ2v) is 22.2. The van der Waals surface area contributed by atoms with Gasteiger partial charge in [-0.1, -0.05) is 73.5 Å². The Bertz CT molecular complexity index is 2040. The van der Waals surface area contributed by atoms with Gasteiger partial charge in [-0.05, 0) is 95.9 Å². The monoisotopic (exact) mass is 1040 g/mol. The normalized spacial score (nSPS) is 13.9. The van der Waals surface area contributed by atoms with Crippen molar-refractivity contribution in [2.75, 3.05) is 52.3 Å². The summed E-state index contributed by atoms with van der Waals surface area (Å²) in [4.78, 5) is 83.5. The molecule has 0 aliphatic heterocycles. The maximum atomic E-state index is 14.5. The number of ether oxygens (including phenoxy) is 6. The molecule has 2 rings (SSSR count). The topological polar surface area (TPSA) is 270 Å². The number of benzene rings is 2. The minimum absolute atomic E-state index is 0.0569. The maximum Gasteiger partial charge on any atom is 0.408 e. The van der Waals surface area contributed by atoms with Crippen LogP contribution in [-0.2, 0) is 47.6 Å². The molecule has 400 valence electrons. The van der Waals surface area contributed by atoms with Gasteiger partial charge in [-0.15, -0.1) is 0 Å². The fraction of sp³-hybridized carbons (Fsp3) is 0.633. The predicted molar refractivity (Wildman–Crippen MR) is 272 cm³/mol. The molecule has 0 fully saturated rings. The van der Waals surface area contributed by atoms with Gasteiger partial charge < -0.3 is 70.5 Å². The molecule has 0 saturated heterocycles. The molecule has 0 spiro atoms. The molecule has 20 nitrogen and oxygen atoms in total. The number of aliphatic hydroxyl groups excluding tert-OH is 2. The number of anilines is 2. The average molecular weight is 1040 g/mol. The highest BCUT2D eigenvalue weighted by molar-refractivity contribution is 8.76. The van der Waals surface area contributed by atoms with Crippen LogP contribution >= 0.6 is 21.6 Å². The smallest absolute Gasteiger partial charge is 0.408 e. The predicted octanol–water partition coefficient (Wildman–Crippen LogP) is 6.34. The van der Waals surface area contributed by atoms with Gasteiger partial charge in [0.15, 0.2) is 12.6 Å². The van der Waals surface area contributed by atoms with Gasteiger partial charge in [-0.2, -0.15) is 0 Å². The van der Waals surface area contributed by atoms with Crippen molar-refractivity contribution in [3.63, 3.8) is 0 Å². The van der Waals surface area contributed by atoms with Crippen LogP contribution in [0.25, 0.3) is 0 Å². The minimum atomic E-state index is -1.25. The van der Waals surface area contributed by atoms with Gasteiger partial charge in [-0.25, -0.2) is 9.59 Å². The zero-order valence-electron chi connectivity index (χ0n) is 43.6. The number of hydrogen-bond donors (Lipinski definition) is 8. The summed E-state index contributed by atoms with van der Waals surface area (Å²) in [5, 5.41) is 36.1. The standard InChI is InChI=1S/C49H78N6O14S2/c1-46(2,3)68-44(62)52-32(22-19-26-56)40(58)54-38(48(7,8)28-36(64-11)65-12)42(60)50-30-20-15-17-23-34(30)70-71-35-24-18-16-21-31(35)51-43(61)39(49(9,10)29-37(66-13)67-14)55-41(59)33(25-27-57)53-45(63)69-47(4,5)6/h15-18,20-21,23-24,32-33,36-39,56-57H,19,22,25-29H2,1-14H3,(H,50,60)(H,51,61)(H,52,62)(H,53,63)(H,54,58)(H,55,59)/t32-,33-,38-,39?/m0/s1. The Kier molecular flexibility index (Phi) is 25.6. The van der Waals surface area contributed by atoms with Gasteiger partial charge >= 0.3 is 12.2 Å². The highest BCUT2D eigenvalue weighted by Gasteiger charge is 2.42. The average Bonchev–Trinajstić information content (AvgIpc) is 3.28. The fourth-order valence-electron chi connectivity index (χ4n) is 6.98. The van der Waals surface area contributed by atoms with Gasteiger partial charge in [0.1, 0.15) is 35.4 Å². The van der Waals surface area contributed by atoms with Crippen LogP contribution < -0.4 is 31.9 Å². The molecule has 0 radical (unpaired) electrons. The molecule has 0 aromatic heterocycles. The molecular formula is C49H78N6O14S2. The lowest BCUT2D eigenvalue weighted by atomic mass is 9.80. The van der Waals surface area contributed by atoms with E-state index in [1.807, 2.05) is 0 Å². The van der Waals surface area contributed by atoms with E-state index in [0.29, 0.717) is 21.2 Å². The third-order valence-corrected chi connectivity index (χ3v) is 13.2. The minimum Gasteiger partial charge on any atom is -0.444 e. The highest BCUT2D eigenvalue weighted by Crippen LogP contribution is 2.44. The van der Waals surface area contributed by atoms with Crippen LogP contribution in [-0.4, -0.2) is 136 Å². The maximum absolute atomic E-state index is 14.5. The summed E-state index contributed by atoms with van der Waals surface area (Å²) in [6, 6.07) is 9.17. The van der Waals surface area contributed by atoms with Crippen molar-refractivity contribution in [1.82, 2.24) is 21.3 Å². The van der Waals surface area contributed by atoms with Gasteiger partial charge in [-0.3, -0.25) is 19.2 Å². The summed E-state index contributed by atoms with van der Waals surface area (Å²) < 4.78 is 32.6. The van der Waals surface area contributed by atoms with E-state index < -0.39 is 101 Å². The Morgan fingerprint density at radius 2 is 0.859 bits per heavy atom. The van der Waals surface area contributed by atoms with Crippen molar-refractivity contribution < 1.29 is 67.4 Å². The Hall–Kier alpha value is -4.68. The number of methoxy groups -OCH3 is 4. The zero-order chi connectivity index (χ0) is 53.7. The molecule has 71 heavy (non-hydrogen) atoms. The van der Waals surface area contributed by atoms with Crippen molar-refractivity contribution in [3.05, 3.63) is 48.5 Å². The summed E-state index contributed by atoms with van der Waals surface area (Å²) in [6.45, 7) is 16.4. The van der Waals surface area contributed by atoms with E-state index in [1.54, 1.807) is 118 Å². The van der Waals surface area contributed by atoms with Crippen LogP contribution in [0, 0.1) is 10.8 Å². The van der Waals surface area contributed by atoms with Crippen LogP contribution in [0.5, 0.6) is 0 Å². The number of hydrogen-bond acceptors (Lipinski definition) is 16. The second kappa shape index (κ2) is 29.1. The van der Waals surface area contributed by atoms with E-state index in [1.165, 1.54) is 50.0 Å². The summed E-state index contributed by atoms with van der Waals surface area (Å²) in [7, 11) is 8.39. The van der Waals surface area contributed by atoms with Crippen molar-refractivity contribution in [1.29, 1.82) is 0 Å². The van der Waals surface area contributed by atoms with Crippen LogP contribution in [0.4, 0.5) is 21.0 Å². The van der Waals surface area contributed by atoms with E-state index >= 15 is 0 Å². The van der Waals surface area contributed by atoms with E-state index in [9.17, 15) is 39.0 Å². The van der Waals surface area contributed by atoms with Gasteiger partial charge in [0.2, 0.25) is 23.6 Å². The van der Waals surface area contributed by atoms with Crippen LogP contribution in [0.1, 0.15) is 101 Å². The Morgan fingerprint density at radius 3 is 1.18 bits per heavy atom. The molecule has 22 heteroatoms. The van der Waals surface area contributed by atoms with E-state index in [2.05, 4.69) is 31.9 Å². The molecule has 0 bridgehead atoms. The quantitative estimate of drug-likeness (QED) is 0.0341. The lowest BCUT2D eigenvalue weighted by molar-refractivity contribution is -0.139. The first-order valence-corrected chi connectivity index (χ1v) is 25.4. The summed E-state index contributed by atoms with van der Waals surface area (Å²) in [5.74, 6) is -2.59. The summed E-state index contributed by atoms with van der Waals surface area (Å²) in [5.41, 5.74) is -2.94. The Labute approximate surface area is 426 Å². The second-order valence-electron chi connectivity index (χ2n) is 20.0. The molecule has 4 atom stereocenters. The van der Waals surface area contributed by atoms with E-state index in [0.717, 1.165) is 0 Å². The first-order chi connectivity index (χ1) is 33.1. The molecule has 6 amide bonds. The molecule has 2 aromatic carbocycles. The third-order valence-electron chi connectivity index (χ3n) is 10.7. The van der Waals surface area contributed by atoms with Gasteiger partial charge in [0.25, 0.3) is 0 Å². The zero-order valence-corrected chi connectivity index (χ0v) is 45.3. The van der Waals surface area contributed by atoms with E-state index in [4.69, 9.17) is 28.4 Å². The molecule has 0 saturated carbocycles. The number of para-hydroxylation sites is 2.